The lowest BCUT2D eigenvalue weighted by Gasteiger charge is -2.09. The standard InChI is InChI=1S/C8H19O2P.C7H5NO5/c1-3-5-7-11(9,10)8-6-4-2;9-6-2-1-4(7(10)11)3-5(6)8(12)13/h3-8H2,1-2H3,(H,9,10);1-3,9H,(H,10,11). The van der Waals surface area contributed by atoms with Crippen LogP contribution in [-0.4, -0.2) is 38.3 Å². The lowest BCUT2D eigenvalue weighted by Crippen LogP contribution is -1.97. The van der Waals surface area contributed by atoms with Crippen LogP contribution in [0.2, 0.25) is 0 Å². The number of unbranched alkanes of at least 4 members (excludes halogenated alkanes) is 2. The van der Waals surface area contributed by atoms with Crippen LogP contribution in [0.4, 0.5) is 5.69 Å². The number of carboxylic acids is 1. The molecule has 0 fully saturated rings. The average Bonchev–Trinajstić information content (AvgIpc) is 2.51. The van der Waals surface area contributed by atoms with Gasteiger partial charge in [0.1, 0.15) is 0 Å². The maximum atomic E-state index is 11.3. The third-order valence-electron chi connectivity index (χ3n) is 3.14. The topological polar surface area (TPSA) is 138 Å². The van der Waals surface area contributed by atoms with Crippen LogP contribution in [0.25, 0.3) is 0 Å². The number of aromatic hydroxyl groups is 1. The molecule has 0 aliphatic carbocycles. The van der Waals surface area contributed by atoms with Gasteiger partial charge in [0, 0.05) is 18.4 Å². The fourth-order valence-corrected chi connectivity index (χ4v) is 3.57. The molecule has 9 heteroatoms. The number of hydrogen-bond donors (Lipinski definition) is 3. The molecule has 0 aliphatic rings. The fourth-order valence-electron chi connectivity index (χ4n) is 1.72. The largest absolute Gasteiger partial charge is 0.502 e. The normalized spacial score (nSPS) is 10.6. The second-order valence-corrected chi connectivity index (χ2v) is 7.85. The highest BCUT2D eigenvalue weighted by atomic mass is 31.2. The van der Waals surface area contributed by atoms with Gasteiger partial charge in [-0.3, -0.25) is 14.7 Å². The number of benzene rings is 1. The van der Waals surface area contributed by atoms with Gasteiger partial charge in [-0.25, -0.2) is 4.79 Å². The highest BCUT2D eigenvalue weighted by molar-refractivity contribution is 7.57. The van der Waals surface area contributed by atoms with E-state index in [2.05, 4.69) is 0 Å². The van der Waals surface area contributed by atoms with E-state index in [1.807, 2.05) is 13.8 Å². The summed E-state index contributed by atoms with van der Waals surface area (Å²) in [6.07, 6.45) is 4.83. The number of nitro benzene ring substituents is 1. The van der Waals surface area contributed by atoms with E-state index in [4.69, 9.17) is 10.2 Å². The lowest BCUT2D eigenvalue weighted by molar-refractivity contribution is -0.385. The Balaban J connectivity index is 0.000000449. The maximum absolute atomic E-state index is 11.3. The lowest BCUT2D eigenvalue weighted by atomic mass is 10.2. The van der Waals surface area contributed by atoms with Crippen LogP contribution in [0, 0.1) is 10.1 Å². The summed E-state index contributed by atoms with van der Waals surface area (Å²) in [7, 11) is -2.73. The van der Waals surface area contributed by atoms with Crippen molar-refractivity contribution in [3.05, 3.63) is 33.9 Å². The molecular weight excluding hydrogens is 337 g/mol. The highest BCUT2D eigenvalue weighted by Crippen LogP contribution is 2.42. The second-order valence-electron chi connectivity index (χ2n) is 5.27. The molecule has 1 rings (SSSR count). The number of nitrogens with zero attached hydrogens (tertiary/aromatic N) is 1. The van der Waals surface area contributed by atoms with Gasteiger partial charge in [-0.05, 0) is 25.0 Å². The van der Waals surface area contributed by atoms with Gasteiger partial charge in [0.15, 0.2) is 5.75 Å². The second kappa shape index (κ2) is 10.8. The number of carbonyl (C=O) groups is 1. The predicted octanol–water partition coefficient (Wildman–Crippen LogP) is 3.86. The Morgan fingerprint density at radius 2 is 1.71 bits per heavy atom. The molecule has 1 aromatic carbocycles. The number of nitro groups is 1. The zero-order chi connectivity index (χ0) is 18.8. The first-order valence-corrected chi connectivity index (χ1v) is 9.69. The quantitative estimate of drug-likeness (QED) is 0.363. The van der Waals surface area contributed by atoms with Crippen molar-refractivity contribution in [2.45, 2.75) is 39.5 Å². The zero-order valence-electron chi connectivity index (χ0n) is 13.8. The third kappa shape index (κ3) is 8.64. The van der Waals surface area contributed by atoms with E-state index in [0.29, 0.717) is 12.3 Å². The Morgan fingerprint density at radius 1 is 1.21 bits per heavy atom. The number of phenolic OH excluding ortho intramolecular Hbond substituents is 1. The molecule has 8 nitrogen and oxygen atoms in total. The van der Waals surface area contributed by atoms with Crippen LogP contribution in [0.5, 0.6) is 5.75 Å². The Hall–Kier alpha value is -1.92. The van der Waals surface area contributed by atoms with Gasteiger partial charge in [0.25, 0.3) is 0 Å². The van der Waals surface area contributed by atoms with Crippen molar-refractivity contribution in [1.29, 1.82) is 0 Å². The van der Waals surface area contributed by atoms with E-state index in [0.717, 1.165) is 43.9 Å². The van der Waals surface area contributed by atoms with E-state index >= 15 is 0 Å². The highest BCUT2D eigenvalue weighted by Gasteiger charge is 2.16. The molecule has 0 saturated carbocycles. The van der Waals surface area contributed by atoms with Crippen molar-refractivity contribution in [2.75, 3.05) is 12.3 Å². The summed E-state index contributed by atoms with van der Waals surface area (Å²) in [5, 5.41) is 27.7. The van der Waals surface area contributed by atoms with Gasteiger partial charge in [0.2, 0.25) is 7.37 Å². The van der Waals surface area contributed by atoms with Gasteiger partial charge in [-0.1, -0.05) is 26.7 Å². The van der Waals surface area contributed by atoms with Crippen molar-refractivity contribution in [3.63, 3.8) is 0 Å². The molecule has 136 valence electrons. The molecule has 3 N–H and O–H groups in total. The molecule has 0 amide bonds. The summed E-state index contributed by atoms with van der Waals surface area (Å²) >= 11 is 0. The summed E-state index contributed by atoms with van der Waals surface area (Å²) in [6.45, 7) is 4.08. The number of aromatic carboxylic acids is 1. The Morgan fingerprint density at radius 3 is 2.08 bits per heavy atom. The molecule has 0 atom stereocenters. The van der Waals surface area contributed by atoms with E-state index < -0.39 is 29.7 Å². The van der Waals surface area contributed by atoms with Crippen molar-refractivity contribution < 1.29 is 29.4 Å². The Labute approximate surface area is 140 Å². The van der Waals surface area contributed by atoms with Crippen LogP contribution in [0.15, 0.2) is 18.2 Å². The monoisotopic (exact) mass is 361 g/mol. The minimum atomic E-state index is -2.73. The average molecular weight is 361 g/mol. The maximum Gasteiger partial charge on any atom is 0.335 e. The third-order valence-corrected chi connectivity index (χ3v) is 5.17. The van der Waals surface area contributed by atoms with Gasteiger partial charge < -0.3 is 15.1 Å². The molecule has 0 aromatic heterocycles. The van der Waals surface area contributed by atoms with Crippen LogP contribution in [-0.2, 0) is 4.57 Å². The first kappa shape index (κ1) is 22.1. The fraction of sp³-hybridized carbons (Fsp3) is 0.533. The molecule has 0 radical (unpaired) electrons. The number of phenols is 1. The SMILES string of the molecule is CCCCP(=O)(O)CCCC.O=C(O)c1ccc(O)c([N+](=O)[O-])c1. The zero-order valence-corrected chi connectivity index (χ0v) is 14.7. The molecule has 1 aromatic rings. The number of hydrogen-bond acceptors (Lipinski definition) is 5. The molecule has 0 saturated heterocycles. The smallest absolute Gasteiger partial charge is 0.335 e. The van der Waals surface area contributed by atoms with Crippen LogP contribution >= 0.6 is 7.37 Å². The molecule has 0 unspecified atom stereocenters. The molecule has 24 heavy (non-hydrogen) atoms. The minimum Gasteiger partial charge on any atom is -0.502 e. The summed E-state index contributed by atoms with van der Waals surface area (Å²) in [5.74, 6) is -1.82. The van der Waals surface area contributed by atoms with Crippen LogP contribution in [0.1, 0.15) is 49.9 Å². The molecule has 0 heterocycles. The van der Waals surface area contributed by atoms with Gasteiger partial charge in [-0.15, -0.1) is 0 Å². The number of carboxylic acid groups (broad SMARTS) is 1. The molecular formula is C15H24NO7P. The molecule has 0 bridgehead atoms. The minimum absolute atomic E-state index is 0.232. The van der Waals surface area contributed by atoms with E-state index in [9.17, 15) is 24.4 Å². The van der Waals surface area contributed by atoms with Crippen molar-refractivity contribution >= 4 is 19.0 Å². The summed E-state index contributed by atoms with van der Waals surface area (Å²) in [5.41, 5.74) is -0.843. The van der Waals surface area contributed by atoms with Crippen molar-refractivity contribution in [1.82, 2.24) is 0 Å². The van der Waals surface area contributed by atoms with Crippen LogP contribution in [0.3, 0.4) is 0 Å². The van der Waals surface area contributed by atoms with E-state index in [1.165, 1.54) is 0 Å². The van der Waals surface area contributed by atoms with Gasteiger partial charge >= 0.3 is 11.7 Å². The van der Waals surface area contributed by atoms with Gasteiger partial charge in [0.05, 0.1) is 10.5 Å². The van der Waals surface area contributed by atoms with Crippen molar-refractivity contribution in [2.24, 2.45) is 0 Å². The first-order valence-electron chi connectivity index (χ1n) is 7.66. The summed E-state index contributed by atoms with van der Waals surface area (Å²) in [6, 6.07) is 2.86. The van der Waals surface area contributed by atoms with Gasteiger partial charge in [-0.2, -0.15) is 0 Å². The summed E-state index contributed by atoms with van der Waals surface area (Å²) < 4.78 is 11.3. The summed E-state index contributed by atoms with van der Waals surface area (Å²) in [4.78, 5) is 29.1. The predicted molar refractivity (Wildman–Crippen MR) is 91.1 cm³/mol. The number of rotatable bonds is 8. The van der Waals surface area contributed by atoms with E-state index in [-0.39, 0.29) is 5.56 Å². The van der Waals surface area contributed by atoms with Crippen molar-refractivity contribution in [3.8, 4) is 5.75 Å². The van der Waals surface area contributed by atoms with E-state index in [1.54, 1.807) is 0 Å². The Bertz CT molecular complexity index is 591. The first-order chi connectivity index (χ1) is 11.1. The molecule has 0 spiro atoms. The van der Waals surface area contributed by atoms with Crippen LogP contribution < -0.4 is 0 Å². The molecule has 0 aliphatic heterocycles. The Kier molecular flexibility index (Phi) is 9.92.